The lowest BCUT2D eigenvalue weighted by Crippen LogP contribution is -2.53. The maximum atomic E-state index is 12.7. The van der Waals surface area contributed by atoms with Gasteiger partial charge in [-0.25, -0.2) is 9.78 Å². The molecule has 2 aliphatic heterocycles. The van der Waals surface area contributed by atoms with Gasteiger partial charge in [0.25, 0.3) is 0 Å². The monoisotopic (exact) mass is 335 g/mol. The quantitative estimate of drug-likeness (QED) is 0.672. The van der Waals surface area contributed by atoms with Gasteiger partial charge in [-0.15, -0.1) is 0 Å². The summed E-state index contributed by atoms with van der Waals surface area (Å²) in [6, 6.07) is 1.62. The van der Waals surface area contributed by atoms with Gasteiger partial charge in [-0.1, -0.05) is 0 Å². The number of hydrogen-bond acceptors (Lipinski definition) is 7. The van der Waals surface area contributed by atoms with Crippen LogP contribution in [-0.2, 0) is 0 Å². The van der Waals surface area contributed by atoms with E-state index in [0.717, 1.165) is 26.2 Å². The summed E-state index contributed by atoms with van der Waals surface area (Å²) in [5.74, 6) is 0.882. The predicted molar refractivity (Wildman–Crippen MR) is 90.7 cm³/mol. The molecular weight excluding hydrogens is 310 g/mol. The van der Waals surface area contributed by atoms with Crippen molar-refractivity contribution in [3.05, 3.63) is 12.3 Å². The predicted octanol–water partition coefficient (Wildman–Crippen LogP) is -1.09. The van der Waals surface area contributed by atoms with Crippen molar-refractivity contribution in [1.82, 2.24) is 24.7 Å². The maximum Gasteiger partial charge on any atom is 0.320 e. The SMILES string of the molecule is CN1CCN(C(=O)N2CCN(c3nccc(N)n3)C[C@@H](O)C2)CC1. The number of carbonyl (C=O) groups excluding carboxylic acids is 1. The molecule has 132 valence electrons. The van der Waals surface area contributed by atoms with Crippen LogP contribution >= 0.6 is 0 Å². The highest BCUT2D eigenvalue weighted by Crippen LogP contribution is 2.14. The van der Waals surface area contributed by atoms with Crippen LogP contribution in [0.5, 0.6) is 0 Å². The summed E-state index contributed by atoms with van der Waals surface area (Å²) in [6.07, 6.45) is 0.955. The average Bonchev–Trinajstić information content (AvgIpc) is 2.77. The molecule has 2 aliphatic rings. The van der Waals surface area contributed by atoms with Crippen molar-refractivity contribution < 1.29 is 9.90 Å². The lowest BCUT2D eigenvalue weighted by Gasteiger charge is -2.36. The van der Waals surface area contributed by atoms with Gasteiger partial charge in [-0.3, -0.25) is 0 Å². The number of nitrogens with zero attached hydrogens (tertiary/aromatic N) is 6. The van der Waals surface area contributed by atoms with Crippen LogP contribution in [0.1, 0.15) is 0 Å². The van der Waals surface area contributed by atoms with Gasteiger partial charge in [0.05, 0.1) is 12.6 Å². The normalized spacial score (nSPS) is 23.2. The number of carbonyl (C=O) groups is 1. The zero-order valence-electron chi connectivity index (χ0n) is 14.0. The number of rotatable bonds is 1. The number of aliphatic hydroxyl groups is 1. The highest BCUT2D eigenvalue weighted by molar-refractivity contribution is 5.74. The van der Waals surface area contributed by atoms with Crippen molar-refractivity contribution >= 4 is 17.8 Å². The van der Waals surface area contributed by atoms with Crippen LogP contribution in [0.15, 0.2) is 12.3 Å². The fourth-order valence-corrected chi connectivity index (χ4v) is 3.06. The number of hydrogen-bond donors (Lipinski definition) is 2. The molecule has 3 N–H and O–H groups in total. The van der Waals surface area contributed by atoms with E-state index >= 15 is 0 Å². The zero-order valence-corrected chi connectivity index (χ0v) is 14.0. The Morgan fingerprint density at radius 1 is 1.17 bits per heavy atom. The van der Waals surface area contributed by atoms with Crippen LogP contribution < -0.4 is 10.6 Å². The Kier molecular flexibility index (Phi) is 5.00. The van der Waals surface area contributed by atoms with E-state index in [0.29, 0.717) is 37.9 Å². The highest BCUT2D eigenvalue weighted by atomic mass is 16.3. The lowest BCUT2D eigenvalue weighted by molar-refractivity contribution is 0.101. The Hall–Kier alpha value is -2.13. The number of anilines is 2. The van der Waals surface area contributed by atoms with E-state index in [1.54, 1.807) is 17.2 Å². The van der Waals surface area contributed by atoms with E-state index in [9.17, 15) is 9.90 Å². The van der Waals surface area contributed by atoms with Gasteiger partial charge in [-0.2, -0.15) is 4.98 Å². The number of aliphatic hydroxyl groups excluding tert-OH is 1. The number of piperazine rings is 1. The van der Waals surface area contributed by atoms with Crippen LogP contribution in [0.25, 0.3) is 0 Å². The molecule has 2 saturated heterocycles. The molecule has 24 heavy (non-hydrogen) atoms. The first-order chi connectivity index (χ1) is 11.5. The van der Waals surface area contributed by atoms with Gasteiger partial charge in [0, 0.05) is 52.0 Å². The van der Waals surface area contributed by atoms with E-state index in [1.807, 2.05) is 9.80 Å². The largest absolute Gasteiger partial charge is 0.389 e. The molecule has 0 saturated carbocycles. The minimum Gasteiger partial charge on any atom is -0.389 e. The Morgan fingerprint density at radius 2 is 1.88 bits per heavy atom. The average molecular weight is 335 g/mol. The van der Waals surface area contributed by atoms with Crippen LogP contribution in [0.2, 0.25) is 0 Å². The second kappa shape index (κ2) is 7.18. The van der Waals surface area contributed by atoms with Crippen molar-refractivity contribution in [2.75, 3.05) is 70.0 Å². The van der Waals surface area contributed by atoms with Crippen molar-refractivity contribution in [2.24, 2.45) is 0 Å². The second-order valence-corrected chi connectivity index (χ2v) is 6.40. The summed E-state index contributed by atoms with van der Waals surface area (Å²) in [7, 11) is 2.06. The standard InChI is InChI=1S/C15H25N7O2/c1-19-4-6-20(7-5-19)15(24)22-9-8-21(10-12(23)11-22)14-17-3-2-13(16)18-14/h2-3,12,23H,4-11H2,1H3,(H2,16,17,18)/t12-/m1/s1. The molecule has 0 aromatic carbocycles. The minimum absolute atomic E-state index is 0.00232. The third kappa shape index (κ3) is 3.85. The first-order valence-electron chi connectivity index (χ1n) is 8.27. The van der Waals surface area contributed by atoms with E-state index in [-0.39, 0.29) is 6.03 Å². The number of urea groups is 1. The molecule has 2 amide bonds. The zero-order chi connectivity index (χ0) is 17.1. The summed E-state index contributed by atoms with van der Waals surface area (Å²) in [5.41, 5.74) is 5.71. The molecule has 2 fully saturated rings. The van der Waals surface area contributed by atoms with Crippen molar-refractivity contribution in [2.45, 2.75) is 6.10 Å². The van der Waals surface area contributed by atoms with Gasteiger partial charge in [-0.05, 0) is 13.1 Å². The molecule has 1 atom stereocenters. The Morgan fingerprint density at radius 3 is 2.58 bits per heavy atom. The molecule has 0 unspecified atom stereocenters. The molecule has 0 spiro atoms. The second-order valence-electron chi connectivity index (χ2n) is 6.40. The number of likely N-dealkylation sites (N-methyl/N-ethyl adjacent to an activating group) is 1. The molecule has 0 aliphatic carbocycles. The molecule has 1 aromatic rings. The number of β-amino-alcohol motifs (C(OH)–C–C–N with tert-alkyl or cyclic N) is 1. The van der Waals surface area contributed by atoms with Crippen molar-refractivity contribution in [3.63, 3.8) is 0 Å². The summed E-state index contributed by atoms with van der Waals surface area (Å²) in [5, 5.41) is 10.3. The van der Waals surface area contributed by atoms with Crippen LogP contribution in [0, 0.1) is 0 Å². The fraction of sp³-hybridized carbons (Fsp3) is 0.667. The lowest BCUT2D eigenvalue weighted by atomic mass is 10.3. The molecule has 0 bridgehead atoms. The van der Waals surface area contributed by atoms with Crippen molar-refractivity contribution in [3.8, 4) is 0 Å². The number of nitrogen functional groups attached to an aromatic ring is 1. The van der Waals surface area contributed by atoms with Gasteiger partial charge in [0.15, 0.2) is 0 Å². The molecule has 9 heteroatoms. The smallest absolute Gasteiger partial charge is 0.320 e. The first-order valence-corrected chi connectivity index (χ1v) is 8.27. The number of amides is 2. The fourth-order valence-electron chi connectivity index (χ4n) is 3.06. The summed E-state index contributed by atoms with van der Waals surface area (Å²) < 4.78 is 0. The highest BCUT2D eigenvalue weighted by Gasteiger charge is 2.29. The molecule has 9 nitrogen and oxygen atoms in total. The van der Waals surface area contributed by atoms with Gasteiger partial charge in [0.2, 0.25) is 5.95 Å². The van der Waals surface area contributed by atoms with Gasteiger partial charge >= 0.3 is 6.03 Å². The van der Waals surface area contributed by atoms with Crippen LogP contribution in [0.3, 0.4) is 0 Å². The van der Waals surface area contributed by atoms with Crippen LogP contribution in [0.4, 0.5) is 16.6 Å². The van der Waals surface area contributed by atoms with Crippen molar-refractivity contribution in [1.29, 1.82) is 0 Å². The third-order valence-corrected chi connectivity index (χ3v) is 4.49. The maximum absolute atomic E-state index is 12.7. The van der Waals surface area contributed by atoms with E-state index in [1.165, 1.54) is 0 Å². The molecular formula is C15H25N7O2. The molecule has 3 heterocycles. The van der Waals surface area contributed by atoms with Crippen LogP contribution in [-0.4, -0.2) is 101 Å². The summed E-state index contributed by atoms with van der Waals surface area (Å²) in [4.78, 5) is 28.8. The number of aromatic nitrogens is 2. The summed E-state index contributed by atoms with van der Waals surface area (Å²) >= 11 is 0. The van der Waals surface area contributed by atoms with E-state index < -0.39 is 6.10 Å². The Bertz CT molecular complexity index is 577. The Labute approximate surface area is 141 Å². The van der Waals surface area contributed by atoms with E-state index in [4.69, 9.17) is 5.73 Å². The summed E-state index contributed by atoms with van der Waals surface area (Å²) in [6.45, 7) is 5.02. The topological polar surface area (TPSA) is 102 Å². The van der Waals surface area contributed by atoms with Gasteiger partial charge < -0.3 is 30.4 Å². The Balaban J connectivity index is 1.64. The molecule has 3 rings (SSSR count). The van der Waals surface area contributed by atoms with E-state index in [2.05, 4.69) is 21.9 Å². The first kappa shape index (κ1) is 16.7. The molecule has 1 aromatic heterocycles. The molecule has 0 radical (unpaired) electrons. The third-order valence-electron chi connectivity index (χ3n) is 4.49. The van der Waals surface area contributed by atoms with Gasteiger partial charge in [0.1, 0.15) is 5.82 Å². The number of nitrogens with two attached hydrogens (primary N) is 1. The minimum atomic E-state index is -0.644.